The topological polar surface area (TPSA) is 52.2 Å². The maximum atomic E-state index is 13.7. The van der Waals surface area contributed by atoms with Crippen molar-refractivity contribution in [3.05, 3.63) is 0 Å². The third-order valence-electron chi connectivity index (χ3n) is 13.1. The van der Waals surface area contributed by atoms with Crippen LogP contribution >= 0.6 is 0 Å². The molecule has 0 aliphatic heterocycles. The van der Waals surface area contributed by atoms with Gasteiger partial charge in [-0.25, -0.2) is 0 Å². The fourth-order valence-electron chi connectivity index (χ4n) is 10.6. The standard InChI is InChI=1S/C38H69NO2S/c1-5-7-18-37-29(6-2)23-28(3)30-14-11-12-17-31(24-30)32-15-9-8-10-16-33(25-32)34-19-20-35(27-36(37)26-34)38(40)39-21-13-22-42(4)41/h28-37H,5-27H2,1-4H3,(H,39,40). The fourth-order valence-corrected chi connectivity index (χ4v) is 11.2. The molecule has 0 heterocycles. The van der Waals surface area contributed by atoms with Crippen LogP contribution < -0.4 is 5.32 Å². The lowest BCUT2D eigenvalue weighted by molar-refractivity contribution is -0.125. The maximum Gasteiger partial charge on any atom is 0.223 e. The van der Waals surface area contributed by atoms with Crippen LogP contribution in [0.5, 0.6) is 0 Å². The van der Waals surface area contributed by atoms with Crippen LogP contribution in [0.1, 0.15) is 156 Å². The summed E-state index contributed by atoms with van der Waals surface area (Å²) in [5.74, 6) is 8.85. The average molecular weight is 604 g/mol. The van der Waals surface area contributed by atoms with Gasteiger partial charge in [0.2, 0.25) is 5.91 Å². The molecule has 0 saturated heterocycles. The van der Waals surface area contributed by atoms with Crippen LogP contribution in [0.25, 0.3) is 0 Å². The number of hydrogen-bond donors (Lipinski definition) is 1. The van der Waals surface area contributed by atoms with E-state index >= 15 is 0 Å². The van der Waals surface area contributed by atoms with Gasteiger partial charge in [0.05, 0.1) is 6.26 Å². The summed E-state index contributed by atoms with van der Waals surface area (Å²) in [5.41, 5.74) is 0. The van der Waals surface area contributed by atoms with Crippen LogP contribution in [0.2, 0.25) is 0 Å². The van der Waals surface area contributed by atoms with E-state index in [9.17, 15) is 9.35 Å². The van der Waals surface area contributed by atoms with Gasteiger partial charge in [0.25, 0.3) is 0 Å². The molecule has 0 radical (unpaired) electrons. The quantitative estimate of drug-likeness (QED) is 0.211. The number of hydrogen-bond acceptors (Lipinski definition) is 2. The number of nitrogens with one attached hydrogen (secondary N) is 1. The van der Waals surface area contributed by atoms with Crippen LogP contribution in [0, 0.1) is 59.2 Å². The molecule has 0 aromatic carbocycles. The first-order chi connectivity index (χ1) is 20.4. The third kappa shape index (κ3) is 10.1. The van der Waals surface area contributed by atoms with Crippen LogP contribution in [0.4, 0.5) is 0 Å². The summed E-state index contributed by atoms with van der Waals surface area (Å²) >= 11 is -0.778. The molecule has 4 aliphatic carbocycles. The predicted octanol–water partition coefficient (Wildman–Crippen LogP) is 9.95. The molecule has 4 saturated carbocycles. The minimum atomic E-state index is -0.778. The second kappa shape index (κ2) is 18.1. The highest BCUT2D eigenvalue weighted by atomic mass is 32.2. The molecule has 244 valence electrons. The van der Waals surface area contributed by atoms with Crippen molar-refractivity contribution in [3.63, 3.8) is 0 Å². The Balaban J connectivity index is 1.64. The van der Waals surface area contributed by atoms with E-state index in [4.69, 9.17) is 0 Å². The molecule has 0 aromatic heterocycles. The average Bonchev–Trinajstić information content (AvgIpc) is 3.34. The van der Waals surface area contributed by atoms with Crippen molar-refractivity contribution in [2.24, 2.45) is 59.2 Å². The second-order valence-corrected chi connectivity index (χ2v) is 17.4. The molecule has 0 aromatic rings. The highest BCUT2D eigenvalue weighted by molar-refractivity contribution is 7.90. The van der Waals surface area contributed by atoms with Crippen LogP contribution in [0.15, 0.2) is 0 Å². The van der Waals surface area contributed by atoms with Gasteiger partial charge >= 0.3 is 0 Å². The Bertz CT molecular complexity index is 772. The van der Waals surface area contributed by atoms with Gasteiger partial charge in [0.15, 0.2) is 0 Å². The summed E-state index contributed by atoms with van der Waals surface area (Å²) in [5, 5.41) is 3.31. The summed E-state index contributed by atoms with van der Waals surface area (Å²) in [6.07, 6.45) is 30.4. The summed E-state index contributed by atoms with van der Waals surface area (Å²) < 4.78 is 11.6. The first-order valence-electron chi connectivity index (χ1n) is 19.0. The smallest absolute Gasteiger partial charge is 0.223 e. The summed E-state index contributed by atoms with van der Waals surface area (Å²) in [6, 6.07) is 0. The molecule has 4 heteroatoms. The molecule has 0 spiro atoms. The maximum absolute atomic E-state index is 13.7. The van der Waals surface area contributed by atoms with E-state index in [0.29, 0.717) is 24.1 Å². The lowest BCUT2D eigenvalue weighted by Crippen LogP contribution is -2.35. The Hall–Kier alpha value is -0.220. The molecule has 4 fully saturated rings. The monoisotopic (exact) mass is 604 g/mol. The van der Waals surface area contributed by atoms with Crippen molar-refractivity contribution in [1.82, 2.24) is 5.32 Å². The van der Waals surface area contributed by atoms with Crippen LogP contribution in [-0.4, -0.2) is 29.0 Å². The van der Waals surface area contributed by atoms with E-state index in [2.05, 4.69) is 26.1 Å². The number of fused-ring (bicyclic) bond motifs is 8. The zero-order valence-corrected chi connectivity index (χ0v) is 29.1. The number of rotatable bonds is 9. The van der Waals surface area contributed by atoms with Crippen molar-refractivity contribution >= 4 is 17.1 Å². The van der Waals surface area contributed by atoms with Crippen molar-refractivity contribution in [2.75, 3.05) is 18.6 Å². The van der Waals surface area contributed by atoms with Gasteiger partial charge in [0.1, 0.15) is 5.75 Å². The van der Waals surface area contributed by atoms with E-state index in [0.717, 1.165) is 66.6 Å². The van der Waals surface area contributed by atoms with Crippen LogP contribution in [0.3, 0.4) is 0 Å². The Morgan fingerprint density at radius 1 is 0.738 bits per heavy atom. The number of amides is 1. The Labute approximate surface area is 264 Å². The summed E-state index contributed by atoms with van der Waals surface area (Å²) in [7, 11) is 0. The number of carbonyl (C=O) groups excluding carboxylic acids is 1. The molecule has 4 rings (SSSR count). The van der Waals surface area contributed by atoms with E-state index in [-0.39, 0.29) is 5.92 Å². The second-order valence-electron chi connectivity index (χ2n) is 15.8. The number of unbranched alkanes of at least 4 members (excludes halogenated alkanes) is 1. The molecule has 1 N–H and O–H groups in total. The summed E-state index contributed by atoms with van der Waals surface area (Å²) in [4.78, 5) is 13.7. The van der Waals surface area contributed by atoms with Crippen molar-refractivity contribution in [1.29, 1.82) is 0 Å². The largest absolute Gasteiger partial charge is 0.617 e. The molecule has 3 nitrogen and oxygen atoms in total. The molecule has 6 bridgehead atoms. The molecule has 4 aliphatic rings. The van der Waals surface area contributed by atoms with Gasteiger partial charge in [-0.05, 0) is 105 Å². The minimum absolute atomic E-state index is 0.172. The van der Waals surface area contributed by atoms with Crippen molar-refractivity contribution in [3.8, 4) is 0 Å². The molecule has 11 atom stereocenters. The van der Waals surface area contributed by atoms with Gasteiger partial charge in [-0.2, -0.15) is 0 Å². The van der Waals surface area contributed by atoms with E-state index in [1.54, 1.807) is 6.26 Å². The minimum Gasteiger partial charge on any atom is -0.617 e. The van der Waals surface area contributed by atoms with Gasteiger partial charge in [-0.1, -0.05) is 109 Å². The highest BCUT2D eigenvalue weighted by Crippen LogP contribution is 2.50. The normalized spacial score (nSPS) is 39.2. The SMILES string of the molecule is CCCCC1C(CC)CC(C)C2CCCCC(C2)C2CCCCCC(C2)C2CCC(C(=O)NCCC[S+](C)[O-])CC1C2. The number of carbonyl (C=O) groups is 1. The first kappa shape index (κ1) is 34.6. The highest BCUT2D eigenvalue weighted by Gasteiger charge is 2.41. The Morgan fingerprint density at radius 3 is 1.98 bits per heavy atom. The lowest BCUT2D eigenvalue weighted by Gasteiger charge is -2.39. The third-order valence-corrected chi connectivity index (χ3v) is 13.9. The van der Waals surface area contributed by atoms with Crippen molar-refractivity contribution in [2.45, 2.75) is 156 Å². The zero-order valence-electron chi connectivity index (χ0n) is 28.3. The summed E-state index contributed by atoms with van der Waals surface area (Å²) in [6.45, 7) is 8.19. The zero-order chi connectivity index (χ0) is 29.9. The van der Waals surface area contributed by atoms with Gasteiger partial charge in [0, 0.05) is 18.9 Å². The molecular weight excluding hydrogens is 534 g/mol. The first-order valence-corrected chi connectivity index (χ1v) is 20.7. The molecule has 1 amide bonds. The van der Waals surface area contributed by atoms with Crippen molar-refractivity contribution < 1.29 is 9.35 Å². The Morgan fingerprint density at radius 2 is 1.33 bits per heavy atom. The van der Waals surface area contributed by atoms with E-state index in [1.807, 2.05) is 0 Å². The van der Waals surface area contributed by atoms with Gasteiger partial charge < -0.3 is 9.87 Å². The van der Waals surface area contributed by atoms with Gasteiger partial charge in [-0.3, -0.25) is 4.79 Å². The molecular formula is C38H69NO2S. The predicted molar refractivity (Wildman–Crippen MR) is 181 cm³/mol. The lowest BCUT2D eigenvalue weighted by atomic mass is 9.67. The molecule has 42 heavy (non-hydrogen) atoms. The van der Waals surface area contributed by atoms with Crippen LogP contribution in [-0.2, 0) is 16.0 Å². The van der Waals surface area contributed by atoms with E-state index in [1.165, 1.54) is 116 Å². The van der Waals surface area contributed by atoms with E-state index < -0.39 is 11.2 Å². The molecule has 11 unspecified atom stereocenters. The van der Waals surface area contributed by atoms with Gasteiger partial charge in [-0.15, -0.1) is 0 Å². The Kier molecular flexibility index (Phi) is 14.9. The fraction of sp³-hybridized carbons (Fsp3) is 0.974.